The summed E-state index contributed by atoms with van der Waals surface area (Å²) in [6.07, 6.45) is 2.16. The highest BCUT2D eigenvalue weighted by Gasteiger charge is 2.14. The fourth-order valence-electron chi connectivity index (χ4n) is 3.47. The van der Waals surface area contributed by atoms with E-state index in [1.807, 2.05) is 0 Å². The lowest BCUT2D eigenvalue weighted by Gasteiger charge is -2.10. The van der Waals surface area contributed by atoms with Crippen molar-refractivity contribution >= 4 is 39.0 Å². The van der Waals surface area contributed by atoms with E-state index in [1.165, 1.54) is 25.6 Å². The zero-order valence-electron chi connectivity index (χ0n) is 14.7. The van der Waals surface area contributed by atoms with Gasteiger partial charge in [-0.3, -0.25) is 4.40 Å². The minimum atomic E-state index is 0.862. The van der Waals surface area contributed by atoms with Gasteiger partial charge in [0.05, 0.1) is 0 Å². The first-order valence-electron chi connectivity index (χ1n) is 8.80. The maximum Gasteiger partial charge on any atom is 0.169 e. The zero-order chi connectivity index (χ0) is 18.4. The van der Waals surface area contributed by atoms with E-state index in [4.69, 9.17) is 0 Å². The van der Waals surface area contributed by atoms with Gasteiger partial charge in [-0.05, 0) is 52.6 Å². The number of benzene rings is 3. The Morgan fingerprint density at radius 2 is 1.41 bits per heavy atom. The van der Waals surface area contributed by atoms with Gasteiger partial charge in [0.15, 0.2) is 11.5 Å². The van der Waals surface area contributed by atoms with Gasteiger partial charge >= 0.3 is 0 Å². The number of fused-ring (bicyclic) bond motifs is 3. The van der Waals surface area contributed by atoms with Crippen molar-refractivity contribution in [2.75, 3.05) is 0 Å². The number of hydrogen-bond acceptors (Lipinski definition) is 2. The molecule has 0 aliphatic carbocycles. The molecule has 3 aromatic carbocycles. The smallest absolute Gasteiger partial charge is 0.169 e. The second-order valence-corrected chi connectivity index (χ2v) is 7.92. The van der Waals surface area contributed by atoms with Crippen molar-refractivity contribution < 1.29 is 0 Å². The topological polar surface area (TPSA) is 30.2 Å². The van der Waals surface area contributed by atoms with Crippen LogP contribution in [0.3, 0.4) is 0 Å². The Morgan fingerprint density at radius 3 is 2.15 bits per heavy atom. The molecule has 0 saturated carbocycles. The van der Waals surface area contributed by atoms with Crippen molar-refractivity contribution in [3.63, 3.8) is 0 Å². The molecule has 0 atom stereocenters. The summed E-state index contributed by atoms with van der Waals surface area (Å²) in [4.78, 5) is 0. The second kappa shape index (κ2) is 6.46. The summed E-state index contributed by atoms with van der Waals surface area (Å²) in [5.74, 6) is 0.862. The number of nitrogens with zero attached hydrogens (tertiary/aromatic N) is 3. The Hall–Kier alpha value is -2.73. The summed E-state index contributed by atoms with van der Waals surface area (Å²) >= 11 is 2.32. The van der Waals surface area contributed by atoms with E-state index >= 15 is 0 Å². The third kappa shape index (κ3) is 2.80. The maximum atomic E-state index is 4.51. The number of pyridine rings is 1. The largest absolute Gasteiger partial charge is 0.281 e. The summed E-state index contributed by atoms with van der Waals surface area (Å²) in [5, 5.41) is 11.3. The predicted octanol–water partition coefficient (Wildman–Crippen LogP) is 6.13. The standard InChI is InChI=1S/C23H16IN3/c1-15-6-8-16(9-7-15)21-14-27-22(17-10-12-18(24)13-11-17)25-26-23(27)20-5-3-2-4-19(20)21/h2-14H,1H3. The molecule has 3 nitrogen and oxygen atoms in total. The van der Waals surface area contributed by atoms with Gasteiger partial charge < -0.3 is 0 Å². The van der Waals surface area contributed by atoms with Crippen LogP contribution in [-0.2, 0) is 0 Å². The van der Waals surface area contributed by atoms with Gasteiger partial charge in [-0.2, -0.15) is 0 Å². The Balaban J connectivity index is 1.84. The van der Waals surface area contributed by atoms with E-state index in [0.29, 0.717) is 0 Å². The summed E-state index contributed by atoms with van der Waals surface area (Å²) in [6.45, 7) is 2.11. The molecule has 130 valence electrons. The Morgan fingerprint density at radius 1 is 0.741 bits per heavy atom. The van der Waals surface area contributed by atoms with Crippen LogP contribution in [0.25, 0.3) is 38.9 Å². The summed E-state index contributed by atoms with van der Waals surface area (Å²) in [5.41, 5.74) is 5.58. The number of hydrogen-bond donors (Lipinski definition) is 0. The van der Waals surface area contributed by atoms with Gasteiger partial charge in [0, 0.05) is 26.3 Å². The van der Waals surface area contributed by atoms with Crippen LogP contribution in [0.5, 0.6) is 0 Å². The minimum Gasteiger partial charge on any atom is -0.281 e. The molecule has 5 rings (SSSR count). The van der Waals surface area contributed by atoms with Crippen LogP contribution in [0, 0.1) is 10.5 Å². The molecule has 27 heavy (non-hydrogen) atoms. The van der Waals surface area contributed by atoms with Crippen molar-refractivity contribution in [3.8, 4) is 22.5 Å². The van der Waals surface area contributed by atoms with E-state index in [2.05, 4.69) is 123 Å². The third-order valence-corrected chi connectivity index (χ3v) is 5.60. The van der Waals surface area contributed by atoms with Gasteiger partial charge in [-0.1, -0.05) is 66.2 Å². The Labute approximate surface area is 170 Å². The first-order valence-corrected chi connectivity index (χ1v) is 9.88. The van der Waals surface area contributed by atoms with Gasteiger partial charge in [0.2, 0.25) is 0 Å². The van der Waals surface area contributed by atoms with Gasteiger partial charge in [0.25, 0.3) is 0 Å². The number of aryl methyl sites for hydroxylation is 1. The fraction of sp³-hybridized carbons (Fsp3) is 0.0435. The molecule has 0 N–H and O–H groups in total. The molecule has 0 amide bonds. The molecule has 0 fully saturated rings. The van der Waals surface area contributed by atoms with Crippen molar-refractivity contribution in [2.24, 2.45) is 0 Å². The molecular weight excluding hydrogens is 445 g/mol. The average Bonchev–Trinajstić information content (AvgIpc) is 3.13. The Bertz CT molecular complexity index is 1270. The molecule has 0 aliphatic heterocycles. The molecule has 0 saturated heterocycles. The highest BCUT2D eigenvalue weighted by Crippen LogP contribution is 2.33. The number of halogens is 1. The van der Waals surface area contributed by atoms with E-state index < -0.39 is 0 Å². The van der Waals surface area contributed by atoms with Crippen molar-refractivity contribution in [1.29, 1.82) is 0 Å². The number of aromatic nitrogens is 3. The van der Waals surface area contributed by atoms with Gasteiger partial charge in [-0.15, -0.1) is 10.2 Å². The Kier molecular flexibility index (Phi) is 3.93. The molecule has 0 unspecified atom stereocenters. The minimum absolute atomic E-state index is 0.862. The van der Waals surface area contributed by atoms with Crippen LogP contribution in [-0.4, -0.2) is 14.6 Å². The normalized spacial score (nSPS) is 11.3. The highest BCUT2D eigenvalue weighted by atomic mass is 127. The molecule has 0 aliphatic rings. The fourth-order valence-corrected chi connectivity index (χ4v) is 3.83. The molecule has 2 heterocycles. The van der Waals surface area contributed by atoms with E-state index in [-0.39, 0.29) is 0 Å². The van der Waals surface area contributed by atoms with Gasteiger partial charge in [-0.25, -0.2) is 0 Å². The highest BCUT2D eigenvalue weighted by molar-refractivity contribution is 14.1. The molecule has 2 aromatic heterocycles. The third-order valence-electron chi connectivity index (χ3n) is 4.88. The summed E-state index contributed by atoms with van der Waals surface area (Å²) in [6, 6.07) is 25.5. The van der Waals surface area contributed by atoms with Crippen molar-refractivity contribution in [1.82, 2.24) is 14.6 Å². The van der Waals surface area contributed by atoms with Crippen LogP contribution >= 0.6 is 22.6 Å². The molecular formula is C23H16IN3. The zero-order valence-corrected chi connectivity index (χ0v) is 16.9. The lowest BCUT2D eigenvalue weighted by Crippen LogP contribution is -1.93. The predicted molar refractivity (Wildman–Crippen MR) is 119 cm³/mol. The van der Waals surface area contributed by atoms with Crippen molar-refractivity contribution in [2.45, 2.75) is 6.92 Å². The molecule has 0 spiro atoms. The van der Waals surface area contributed by atoms with E-state index in [9.17, 15) is 0 Å². The average molecular weight is 461 g/mol. The summed E-state index contributed by atoms with van der Waals surface area (Å²) in [7, 11) is 0. The maximum absolute atomic E-state index is 4.51. The molecule has 4 heteroatoms. The molecule has 0 radical (unpaired) electrons. The number of rotatable bonds is 2. The van der Waals surface area contributed by atoms with Gasteiger partial charge in [0.1, 0.15) is 0 Å². The molecule has 5 aromatic rings. The van der Waals surface area contributed by atoms with Crippen LogP contribution in [0.15, 0.2) is 79.0 Å². The summed E-state index contributed by atoms with van der Waals surface area (Å²) < 4.78 is 3.32. The van der Waals surface area contributed by atoms with Crippen molar-refractivity contribution in [3.05, 3.63) is 88.1 Å². The van der Waals surface area contributed by atoms with Crippen LogP contribution < -0.4 is 0 Å². The molecule has 0 bridgehead atoms. The monoisotopic (exact) mass is 461 g/mol. The van der Waals surface area contributed by atoms with E-state index in [0.717, 1.165) is 22.4 Å². The van der Waals surface area contributed by atoms with Crippen LogP contribution in [0.2, 0.25) is 0 Å². The first kappa shape index (κ1) is 16.4. The van der Waals surface area contributed by atoms with Crippen LogP contribution in [0.4, 0.5) is 0 Å². The first-order chi connectivity index (χ1) is 13.2. The lowest BCUT2D eigenvalue weighted by atomic mass is 9.99. The van der Waals surface area contributed by atoms with Crippen LogP contribution in [0.1, 0.15) is 5.56 Å². The second-order valence-electron chi connectivity index (χ2n) is 6.68. The SMILES string of the molecule is Cc1ccc(-c2cn3c(-c4ccc(I)cc4)nnc3c3ccccc23)cc1. The lowest BCUT2D eigenvalue weighted by molar-refractivity contribution is 1.11. The quantitative estimate of drug-likeness (QED) is 0.296. The van der Waals surface area contributed by atoms with E-state index in [1.54, 1.807) is 0 Å².